The number of hydrogen-bond acceptors (Lipinski definition) is 0. The topological polar surface area (TPSA) is 0 Å². The molecule has 0 N–H and O–H groups in total. The Morgan fingerprint density at radius 1 is 1.42 bits per heavy atom. The van der Waals surface area contributed by atoms with Crippen LogP contribution in [0.25, 0.3) is 0 Å². The van der Waals surface area contributed by atoms with Crippen molar-refractivity contribution in [3.8, 4) is 0 Å². The van der Waals surface area contributed by atoms with Crippen molar-refractivity contribution in [2.75, 3.05) is 0 Å². The molecule has 1 aliphatic rings. The fourth-order valence-corrected chi connectivity index (χ4v) is 1.36. The molecule has 0 heterocycles. The van der Waals surface area contributed by atoms with E-state index < -0.39 is 0 Å². The standard InChI is InChI=1S/C12H18/c1-5-6-12(11-7-8-11)10(4)9(2)3/h5-6,9,11H,1,4,7-8H2,2-3H3/b12-6+. The van der Waals surface area contributed by atoms with Crippen molar-refractivity contribution in [3.05, 3.63) is 36.5 Å². The molecule has 0 aliphatic heterocycles. The van der Waals surface area contributed by atoms with Gasteiger partial charge < -0.3 is 0 Å². The monoisotopic (exact) mass is 162 g/mol. The molecule has 0 nitrogen and oxygen atoms in total. The van der Waals surface area contributed by atoms with Crippen LogP contribution in [0.3, 0.4) is 0 Å². The van der Waals surface area contributed by atoms with Crippen LogP contribution in [0.15, 0.2) is 36.5 Å². The minimum absolute atomic E-state index is 0.566. The van der Waals surface area contributed by atoms with E-state index in [-0.39, 0.29) is 0 Å². The van der Waals surface area contributed by atoms with Gasteiger partial charge in [0.15, 0.2) is 0 Å². The van der Waals surface area contributed by atoms with Gasteiger partial charge in [-0.25, -0.2) is 0 Å². The van der Waals surface area contributed by atoms with E-state index in [1.807, 2.05) is 6.08 Å². The van der Waals surface area contributed by atoms with Gasteiger partial charge in [0.25, 0.3) is 0 Å². The maximum Gasteiger partial charge on any atom is -0.0159 e. The van der Waals surface area contributed by atoms with Crippen molar-refractivity contribution in [1.82, 2.24) is 0 Å². The molecule has 12 heavy (non-hydrogen) atoms. The third-order valence-corrected chi connectivity index (χ3v) is 2.38. The zero-order valence-corrected chi connectivity index (χ0v) is 8.14. The van der Waals surface area contributed by atoms with E-state index in [0.29, 0.717) is 5.92 Å². The third-order valence-electron chi connectivity index (χ3n) is 2.38. The number of rotatable bonds is 4. The van der Waals surface area contributed by atoms with Crippen LogP contribution in [0.4, 0.5) is 0 Å². The average molecular weight is 162 g/mol. The predicted molar refractivity (Wildman–Crippen MR) is 55.0 cm³/mol. The fourth-order valence-electron chi connectivity index (χ4n) is 1.36. The summed E-state index contributed by atoms with van der Waals surface area (Å²) in [7, 11) is 0. The third kappa shape index (κ3) is 2.10. The summed E-state index contributed by atoms with van der Waals surface area (Å²) >= 11 is 0. The number of allylic oxidation sites excluding steroid dienone is 4. The Bertz CT molecular complexity index is 214. The smallest absolute Gasteiger partial charge is 0.0159 e. The molecular weight excluding hydrogens is 144 g/mol. The summed E-state index contributed by atoms with van der Waals surface area (Å²) in [6, 6.07) is 0. The summed E-state index contributed by atoms with van der Waals surface area (Å²) in [6.45, 7) is 12.2. The molecule has 0 saturated heterocycles. The molecule has 0 bridgehead atoms. The van der Waals surface area contributed by atoms with Crippen LogP contribution in [0, 0.1) is 11.8 Å². The summed E-state index contributed by atoms with van der Waals surface area (Å²) in [5.74, 6) is 1.36. The van der Waals surface area contributed by atoms with Gasteiger partial charge >= 0.3 is 0 Å². The largest absolute Gasteiger partial charge is 0.0991 e. The highest BCUT2D eigenvalue weighted by Crippen LogP contribution is 2.41. The van der Waals surface area contributed by atoms with Gasteiger partial charge in [-0.2, -0.15) is 0 Å². The Kier molecular flexibility index (Phi) is 2.91. The molecule has 0 heteroatoms. The molecular formula is C12H18. The van der Waals surface area contributed by atoms with E-state index in [1.165, 1.54) is 24.0 Å². The lowest BCUT2D eigenvalue weighted by atomic mass is 9.93. The zero-order valence-electron chi connectivity index (χ0n) is 8.14. The van der Waals surface area contributed by atoms with E-state index in [0.717, 1.165) is 5.92 Å². The van der Waals surface area contributed by atoms with Crippen molar-refractivity contribution >= 4 is 0 Å². The Labute approximate surface area is 75.7 Å². The van der Waals surface area contributed by atoms with Crippen LogP contribution < -0.4 is 0 Å². The highest BCUT2D eigenvalue weighted by molar-refractivity contribution is 5.36. The molecule has 0 atom stereocenters. The van der Waals surface area contributed by atoms with E-state index >= 15 is 0 Å². The maximum atomic E-state index is 4.12. The van der Waals surface area contributed by atoms with Gasteiger partial charge in [-0.3, -0.25) is 0 Å². The second kappa shape index (κ2) is 3.75. The van der Waals surface area contributed by atoms with E-state index in [1.54, 1.807) is 0 Å². The molecule has 0 radical (unpaired) electrons. The van der Waals surface area contributed by atoms with Crippen LogP contribution in [0.1, 0.15) is 26.7 Å². The van der Waals surface area contributed by atoms with E-state index in [9.17, 15) is 0 Å². The lowest BCUT2D eigenvalue weighted by Crippen LogP contribution is -1.98. The first-order valence-corrected chi connectivity index (χ1v) is 4.68. The summed E-state index contributed by atoms with van der Waals surface area (Å²) < 4.78 is 0. The molecule has 0 aromatic rings. The summed E-state index contributed by atoms with van der Waals surface area (Å²) in [5, 5.41) is 0. The molecule has 1 aliphatic carbocycles. The van der Waals surface area contributed by atoms with Gasteiger partial charge in [0.2, 0.25) is 0 Å². The van der Waals surface area contributed by atoms with Crippen LogP contribution in [0.2, 0.25) is 0 Å². The van der Waals surface area contributed by atoms with Crippen LogP contribution in [-0.4, -0.2) is 0 Å². The molecule has 1 rings (SSSR count). The Morgan fingerprint density at radius 2 is 2.00 bits per heavy atom. The van der Waals surface area contributed by atoms with Crippen LogP contribution in [-0.2, 0) is 0 Å². The second-order valence-corrected chi connectivity index (χ2v) is 3.81. The van der Waals surface area contributed by atoms with Gasteiger partial charge in [0, 0.05) is 0 Å². The first kappa shape index (κ1) is 9.31. The van der Waals surface area contributed by atoms with E-state index in [4.69, 9.17) is 0 Å². The molecule has 0 aromatic heterocycles. The molecule has 66 valence electrons. The summed E-state index contributed by atoms with van der Waals surface area (Å²) in [4.78, 5) is 0. The lowest BCUT2D eigenvalue weighted by Gasteiger charge is -2.12. The Morgan fingerprint density at radius 3 is 2.33 bits per heavy atom. The first-order chi connectivity index (χ1) is 5.66. The van der Waals surface area contributed by atoms with Crippen molar-refractivity contribution in [3.63, 3.8) is 0 Å². The maximum absolute atomic E-state index is 4.12. The summed E-state index contributed by atoms with van der Waals surface area (Å²) in [5.41, 5.74) is 2.72. The highest BCUT2D eigenvalue weighted by atomic mass is 14.3. The van der Waals surface area contributed by atoms with Crippen molar-refractivity contribution in [2.45, 2.75) is 26.7 Å². The first-order valence-electron chi connectivity index (χ1n) is 4.68. The molecule has 0 amide bonds. The van der Waals surface area contributed by atoms with E-state index in [2.05, 4.69) is 33.1 Å². The fraction of sp³-hybridized carbons (Fsp3) is 0.500. The normalized spacial score (nSPS) is 18.1. The van der Waals surface area contributed by atoms with Crippen LogP contribution in [0.5, 0.6) is 0 Å². The Hall–Kier alpha value is -0.780. The molecule has 0 aromatic carbocycles. The highest BCUT2D eigenvalue weighted by Gasteiger charge is 2.27. The van der Waals surface area contributed by atoms with Crippen LogP contribution >= 0.6 is 0 Å². The minimum atomic E-state index is 0.566. The quantitative estimate of drug-likeness (QED) is 0.553. The average Bonchev–Trinajstić information content (AvgIpc) is 2.81. The lowest BCUT2D eigenvalue weighted by molar-refractivity contribution is 0.760. The predicted octanol–water partition coefficient (Wildman–Crippen LogP) is 3.72. The molecule has 0 spiro atoms. The Balaban J connectivity index is 2.71. The van der Waals surface area contributed by atoms with Gasteiger partial charge in [-0.15, -0.1) is 0 Å². The number of hydrogen-bond donors (Lipinski definition) is 0. The zero-order chi connectivity index (χ0) is 9.14. The van der Waals surface area contributed by atoms with Crippen molar-refractivity contribution < 1.29 is 0 Å². The molecule has 1 fully saturated rings. The van der Waals surface area contributed by atoms with Gasteiger partial charge in [-0.1, -0.05) is 39.2 Å². The van der Waals surface area contributed by atoms with Crippen molar-refractivity contribution in [1.29, 1.82) is 0 Å². The minimum Gasteiger partial charge on any atom is -0.0991 e. The second-order valence-electron chi connectivity index (χ2n) is 3.81. The van der Waals surface area contributed by atoms with Crippen molar-refractivity contribution in [2.24, 2.45) is 11.8 Å². The van der Waals surface area contributed by atoms with Gasteiger partial charge in [0.1, 0.15) is 0 Å². The summed E-state index contributed by atoms with van der Waals surface area (Å²) in [6.07, 6.45) is 6.68. The molecule has 1 saturated carbocycles. The SMILES string of the molecule is C=C/C=C(\C(=C)C(C)C)C1CC1. The van der Waals surface area contributed by atoms with Gasteiger partial charge in [-0.05, 0) is 35.8 Å². The molecule has 0 unspecified atom stereocenters. The van der Waals surface area contributed by atoms with Gasteiger partial charge in [0.05, 0.1) is 0 Å².